The first-order valence-corrected chi connectivity index (χ1v) is 5.91. The molecule has 0 amide bonds. The van der Waals surface area contributed by atoms with E-state index in [9.17, 15) is 0 Å². The topological polar surface area (TPSA) is 51.0 Å². The van der Waals surface area contributed by atoms with E-state index >= 15 is 0 Å². The molecule has 18 heavy (non-hydrogen) atoms. The molecular formula is C14H17N3O. The van der Waals surface area contributed by atoms with Crippen LogP contribution in [0.25, 0.3) is 0 Å². The van der Waals surface area contributed by atoms with E-state index in [1.54, 1.807) is 6.92 Å². The maximum atomic E-state index is 5.03. The van der Waals surface area contributed by atoms with Crippen molar-refractivity contribution in [2.45, 2.75) is 26.3 Å². The number of aromatic nitrogens is 2. The predicted molar refractivity (Wildman–Crippen MR) is 69.9 cm³/mol. The Labute approximate surface area is 107 Å². The number of nitrogens with one attached hydrogen (secondary N) is 1. The maximum Gasteiger partial charge on any atom is 0.223 e. The SMILES string of the molecule is C=C(C)NC(Cc1ccccc1)c1noc(C)n1. The predicted octanol–water partition coefficient (Wildman–Crippen LogP) is 2.79. The smallest absolute Gasteiger partial charge is 0.223 e. The van der Waals surface area contributed by atoms with Crippen LogP contribution in [0.5, 0.6) is 0 Å². The quantitative estimate of drug-likeness (QED) is 0.877. The van der Waals surface area contributed by atoms with Crippen LogP contribution in [0.3, 0.4) is 0 Å². The second kappa shape index (κ2) is 5.49. The molecular weight excluding hydrogens is 226 g/mol. The molecule has 1 aromatic heterocycles. The van der Waals surface area contributed by atoms with Gasteiger partial charge < -0.3 is 9.84 Å². The maximum absolute atomic E-state index is 5.03. The highest BCUT2D eigenvalue weighted by atomic mass is 16.5. The van der Waals surface area contributed by atoms with Crippen molar-refractivity contribution in [3.05, 3.63) is 59.9 Å². The molecule has 1 aromatic carbocycles. The molecule has 0 aliphatic rings. The molecule has 0 aliphatic heterocycles. The molecule has 2 aromatic rings. The first kappa shape index (κ1) is 12.4. The molecule has 0 aliphatic carbocycles. The average Bonchev–Trinajstić information content (AvgIpc) is 2.76. The first-order chi connectivity index (χ1) is 8.65. The minimum atomic E-state index is -0.0117. The zero-order chi connectivity index (χ0) is 13.0. The number of hydrogen-bond donors (Lipinski definition) is 1. The summed E-state index contributed by atoms with van der Waals surface area (Å²) in [7, 11) is 0. The van der Waals surface area contributed by atoms with Crippen molar-refractivity contribution >= 4 is 0 Å². The summed E-state index contributed by atoms with van der Waals surface area (Å²) in [5, 5.41) is 7.25. The molecule has 0 saturated heterocycles. The Hall–Kier alpha value is -2.10. The number of rotatable bonds is 5. The number of allylic oxidation sites excluding steroid dienone is 1. The highest BCUT2D eigenvalue weighted by Crippen LogP contribution is 2.16. The molecule has 1 heterocycles. The van der Waals surface area contributed by atoms with E-state index in [0.717, 1.165) is 12.1 Å². The van der Waals surface area contributed by atoms with Gasteiger partial charge in [-0.2, -0.15) is 4.98 Å². The van der Waals surface area contributed by atoms with Gasteiger partial charge in [0.1, 0.15) is 0 Å². The summed E-state index contributed by atoms with van der Waals surface area (Å²) >= 11 is 0. The normalized spacial score (nSPS) is 12.1. The van der Waals surface area contributed by atoms with E-state index in [1.807, 2.05) is 25.1 Å². The van der Waals surface area contributed by atoms with Gasteiger partial charge in [-0.25, -0.2) is 0 Å². The molecule has 0 bridgehead atoms. The summed E-state index contributed by atoms with van der Waals surface area (Å²) in [4.78, 5) is 4.28. The summed E-state index contributed by atoms with van der Waals surface area (Å²) in [5.41, 5.74) is 2.11. The van der Waals surface area contributed by atoms with E-state index in [1.165, 1.54) is 5.56 Å². The van der Waals surface area contributed by atoms with Crippen LogP contribution in [0, 0.1) is 6.92 Å². The van der Waals surface area contributed by atoms with Gasteiger partial charge >= 0.3 is 0 Å². The minimum absolute atomic E-state index is 0.0117. The van der Waals surface area contributed by atoms with Crippen molar-refractivity contribution in [2.75, 3.05) is 0 Å². The summed E-state index contributed by atoms with van der Waals surface area (Å²) < 4.78 is 5.03. The highest BCUT2D eigenvalue weighted by Gasteiger charge is 2.17. The zero-order valence-electron chi connectivity index (χ0n) is 10.7. The van der Waals surface area contributed by atoms with Crippen molar-refractivity contribution in [1.29, 1.82) is 0 Å². The summed E-state index contributed by atoms with van der Waals surface area (Å²) in [6.07, 6.45) is 0.798. The van der Waals surface area contributed by atoms with Crippen LogP contribution in [-0.2, 0) is 6.42 Å². The van der Waals surface area contributed by atoms with Crippen LogP contribution >= 0.6 is 0 Å². The van der Waals surface area contributed by atoms with E-state index in [2.05, 4.69) is 34.2 Å². The Balaban J connectivity index is 2.18. The van der Waals surface area contributed by atoms with E-state index < -0.39 is 0 Å². The number of benzene rings is 1. The van der Waals surface area contributed by atoms with Gasteiger partial charge in [0.2, 0.25) is 5.89 Å². The Morgan fingerprint density at radius 1 is 1.39 bits per heavy atom. The fourth-order valence-corrected chi connectivity index (χ4v) is 1.81. The van der Waals surface area contributed by atoms with Gasteiger partial charge in [-0.05, 0) is 18.9 Å². The summed E-state index contributed by atoms with van der Waals surface area (Å²) in [6.45, 7) is 7.58. The number of hydrogen-bond acceptors (Lipinski definition) is 4. The minimum Gasteiger partial charge on any atom is -0.379 e. The molecule has 1 atom stereocenters. The van der Waals surface area contributed by atoms with Crippen molar-refractivity contribution in [2.24, 2.45) is 0 Å². The summed E-state index contributed by atoms with van der Waals surface area (Å²) in [5.74, 6) is 1.24. The molecule has 0 saturated carbocycles. The van der Waals surface area contributed by atoms with Crippen LogP contribution < -0.4 is 5.32 Å². The molecule has 1 N–H and O–H groups in total. The van der Waals surface area contributed by atoms with Crippen LogP contribution in [0.2, 0.25) is 0 Å². The van der Waals surface area contributed by atoms with E-state index in [0.29, 0.717) is 11.7 Å². The summed E-state index contributed by atoms with van der Waals surface area (Å²) in [6, 6.07) is 10.2. The lowest BCUT2D eigenvalue weighted by atomic mass is 10.1. The van der Waals surface area contributed by atoms with Crippen molar-refractivity contribution in [1.82, 2.24) is 15.5 Å². The fraction of sp³-hybridized carbons (Fsp3) is 0.286. The Bertz CT molecular complexity index is 519. The van der Waals surface area contributed by atoms with Crippen LogP contribution in [-0.4, -0.2) is 10.1 Å². The van der Waals surface area contributed by atoms with Crippen molar-refractivity contribution in [3.63, 3.8) is 0 Å². The fourth-order valence-electron chi connectivity index (χ4n) is 1.81. The molecule has 94 valence electrons. The van der Waals surface area contributed by atoms with Gasteiger partial charge in [-0.3, -0.25) is 0 Å². The molecule has 1 unspecified atom stereocenters. The Morgan fingerprint density at radius 3 is 2.67 bits per heavy atom. The highest BCUT2D eigenvalue weighted by molar-refractivity contribution is 5.18. The lowest BCUT2D eigenvalue weighted by Gasteiger charge is -2.16. The van der Waals surface area contributed by atoms with Gasteiger partial charge in [0.05, 0.1) is 6.04 Å². The monoisotopic (exact) mass is 243 g/mol. The van der Waals surface area contributed by atoms with Crippen LogP contribution in [0.15, 0.2) is 47.1 Å². The second-order valence-corrected chi connectivity index (χ2v) is 4.34. The largest absolute Gasteiger partial charge is 0.379 e. The molecule has 0 spiro atoms. The zero-order valence-corrected chi connectivity index (χ0v) is 10.7. The van der Waals surface area contributed by atoms with Crippen LogP contribution in [0.1, 0.15) is 30.2 Å². The van der Waals surface area contributed by atoms with E-state index in [4.69, 9.17) is 4.52 Å². The molecule has 2 rings (SSSR count). The lowest BCUT2D eigenvalue weighted by Crippen LogP contribution is -2.22. The van der Waals surface area contributed by atoms with Crippen molar-refractivity contribution in [3.8, 4) is 0 Å². The third-order valence-electron chi connectivity index (χ3n) is 2.56. The van der Waals surface area contributed by atoms with E-state index in [-0.39, 0.29) is 6.04 Å². The Kier molecular flexibility index (Phi) is 3.77. The van der Waals surface area contributed by atoms with Crippen LogP contribution in [0.4, 0.5) is 0 Å². The molecule has 4 nitrogen and oxygen atoms in total. The van der Waals surface area contributed by atoms with Crippen molar-refractivity contribution < 1.29 is 4.52 Å². The number of nitrogens with zero attached hydrogens (tertiary/aromatic N) is 2. The molecule has 0 fully saturated rings. The van der Waals surface area contributed by atoms with Gasteiger partial charge in [0.15, 0.2) is 5.82 Å². The first-order valence-electron chi connectivity index (χ1n) is 5.91. The standard InChI is InChI=1S/C14H17N3O/c1-10(2)15-13(14-16-11(3)18-17-14)9-12-7-5-4-6-8-12/h4-8,13,15H,1,9H2,2-3H3. The second-order valence-electron chi connectivity index (χ2n) is 4.34. The average molecular weight is 243 g/mol. The van der Waals surface area contributed by atoms with Gasteiger partial charge in [0, 0.05) is 12.6 Å². The third-order valence-corrected chi connectivity index (χ3v) is 2.56. The molecule has 4 heteroatoms. The lowest BCUT2D eigenvalue weighted by molar-refractivity contribution is 0.379. The number of aryl methyl sites for hydroxylation is 1. The van der Waals surface area contributed by atoms with Gasteiger partial charge in [-0.15, -0.1) is 0 Å². The Morgan fingerprint density at radius 2 is 2.11 bits per heavy atom. The molecule has 0 radical (unpaired) electrons. The van der Waals surface area contributed by atoms with Gasteiger partial charge in [-0.1, -0.05) is 42.1 Å². The van der Waals surface area contributed by atoms with Gasteiger partial charge in [0.25, 0.3) is 0 Å². The third kappa shape index (κ3) is 3.20.